The molecule has 1 aromatic carbocycles. The third-order valence-corrected chi connectivity index (χ3v) is 2.34. The lowest BCUT2D eigenvalue weighted by Crippen LogP contribution is -2.08. The summed E-state index contributed by atoms with van der Waals surface area (Å²) in [6, 6.07) is 4.18. The Bertz CT molecular complexity index is 305. The third-order valence-electron chi connectivity index (χ3n) is 2.34. The number of benzene rings is 1. The van der Waals surface area contributed by atoms with Gasteiger partial charge in [0.2, 0.25) is 0 Å². The molecule has 0 aliphatic carbocycles. The number of rotatable bonds is 2. The van der Waals surface area contributed by atoms with Crippen LogP contribution < -0.4 is 10.5 Å². The minimum atomic E-state index is 0.0644. The lowest BCUT2D eigenvalue weighted by atomic mass is 9.99. The number of hydrogen-bond donors (Lipinski definition) is 1. The number of hydrogen-bond acceptors (Lipinski definition) is 2. The third kappa shape index (κ3) is 1.83. The van der Waals surface area contributed by atoms with Crippen LogP contribution in [0, 0.1) is 13.8 Å². The highest BCUT2D eigenvalue weighted by atomic mass is 16.5. The summed E-state index contributed by atoms with van der Waals surface area (Å²) < 4.78 is 5.31. The van der Waals surface area contributed by atoms with Crippen LogP contribution in [0.1, 0.15) is 29.7 Å². The summed E-state index contributed by atoms with van der Waals surface area (Å²) in [7, 11) is 1.69. The Kier molecular flexibility index (Phi) is 2.94. The molecule has 1 aromatic rings. The highest BCUT2D eigenvalue weighted by Gasteiger charge is 2.09. The molecule has 0 fully saturated rings. The van der Waals surface area contributed by atoms with Gasteiger partial charge in [-0.3, -0.25) is 0 Å². The smallest absolute Gasteiger partial charge is 0.125 e. The second-order valence-corrected chi connectivity index (χ2v) is 3.42. The van der Waals surface area contributed by atoms with Crippen LogP contribution in [0.3, 0.4) is 0 Å². The largest absolute Gasteiger partial charge is 0.496 e. The van der Waals surface area contributed by atoms with Gasteiger partial charge in [-0.25, -0.2) is 0 Å². The second kappa shape index (κ2) is 3.79. The van der Waals surface area contributed by atoms with Gasteiger partial charge < -0.3 is 10.5 Å². The van der Waals surface area contributed by atoms with Crippen molar-refractivity contribution in [3.05, 3.63) is 28.8 Å². The lowest BCUT2D eigenvalue weighted by molar-refractivity contribution is 0.407. The van der Waals surface area contributed by atoms with Crippen molar-refractivity contribution >= 4 is 0 Å². The maximum Gasteiger partial charge on any atom is 0.125 e. The maximum absolute atomic E-state index is 5.83. The molecule has 2 heteroatoms. The van der Waals surface area contributed by atoms with E-state index in [1.54, 1.807) is 7.11 Å². The summed E-state index contributed by atoms with van der Waals surface area (Å²) in [5.41, 5.74) is 9.30. The van der Waals surface area contributed by atoms with Gasteiger partial charge in [-0.15, -0.1) is 0 Å². The molecule has 2 nitrogen and oxygen atoms in total. The Morgan fingerprint density at radius 1 is 1.31 bits per heavy atom. The van der Waals surface area contributed by atoms with E-state index in [9.17, 15) is 0 Å². The zero-order valence-corrected chi connectivity index (χ0v) is 8.72. The number of nitrogens with two attached hydrogens (primary N) is 1. The summed E-state index contributed by atoms with van der Waals surface area (Å²) in [5.74, 6) is 0.954. The molecule has 0 saturated carbocycles. The molecule has 0 aliphatic heterocycles. The van der Waals surface area contributed by atoms with Crippen molar-refractivity contribution in [1.29, 1.82) is 0 Å². The summed E-state index contributed by atoms with van der Waals surface area (Å²) in [5, 5.41) is 0. The van der Waals surface area contributed by atoms with E-state index in [2.05, 4.69) is 6.07 Å². The zero-order chi connectivity index (χ0) is 10.0. The van der Waals surface area contributed by atoms with Crippen LogP contribution in [0.15, 0.2) is 12.1 Å². The van der Waals surface area contributed by atoms with E-state index in [0.29, 0.717) is 0 Å². The average Bonchev–Trinajstić information content (AvgIpc) is 2.04. The molecule has 0 aliphatic rings. The van der Waals surface area contributed by atoms with Gasteiger partial charge in [-0.2, -0.15) is 0 Å². The van der Waals surface area contributed by atoms with E-state index >= 15 is 0 Å². The van der Waals surface area contributed by atoms with E-state index in [1.807, 2.05) is 26.8 Å². The SMILES string of the molecule is COc1c(C)ccc(C(C)N)c1C. The van der Waals surface area contributed by atoms with Crippen molar-refractivity contribution in [2.75, 3.05) is 7.11 Å². The molecular formula is C11H17NO. The van der Waals surface area contributed by atoms with Crippen molar-refractivity contribution in [2.24, 2.45) is 5.73 Å². The Balaban J connectivity index is 3.27. The lowest BCUT2D eigenvalue weighted by Gasteiger charge is -2.15. The summed E-state index contributed by atoms with van der Waals surface area (Å²) >= 11 is 0. The Morgan fingerprint density at radius 2 is 1.92 bits per heavy atom. The van der Waals surface area contributed by atoms with Gasteiger partial charge in [-0.05, 0) is 37.5 Å². The molecule has 2 N–H and O–H groups in total. The molecule has 1 unspecified atom stereocenters. The van der Waals surface area contributed by atoms with Crippen molar-refractivity contribution in [2.45, 2.75) is 26.8 Å². The van der Waals surface area contributed by atoms with E-state index in [4.69, 9.17) is 10.5 Å². The van der Waals surface area contributed by atoms with E-state index in [1.165, 1.54) is 0 Å². The molecule has 1 rings (SSSR count). The quantitative estimate of drug-likeness (QED) is 0.756. The summed E-state index contributed by atoms with van der Waals surface area (Å²) in [4.78, 5) is 0. The highest BCUT2D eigenvalue weighted by molar-refractivity contribution is 5.46. The molecule has 0 bridgehead atoms. The predicted octanol–water partition coefficient (Wildman–Crippen LogP) is 2.33. The fourth-order valence-corrected chi connectivity index (χ4v) is 1.65. The Labute approximate surface area is 79.7 Å². The average molecular weight is 179 g/mol. The normalized spacial score (nSPS) is 12.7. The highest BCUT2D eigenvalue weighted by Crippen LogP contribution is 2.28. The molecule has 0 amide bonds. The van der Waals surface area contributed by atoms with Gasteiger partial charge in [0.05, 0.1) is 7.11 Å². The minimum Gasteiger partial charge on any atom is -0.496 e. The first-order chi connectivity index (χ1) is 6.07. The topological polar surface area (TPSA) is 35.2 Å². The first-order valence-corrected chi connectivity index (χ1v) is 4.47. The standard InChI is InChI=1S/C11H17NO/c1-7-5-6-10(9(3)12)8(2)11(7)13-4/h5-6,9H,12H2,1-4H3. The monoisotopic (exact) mass is 179 g/mol. The number of aryl methyl sites for hydroxylation is 1. The molecule has 0 radical (unpaired) electrons. The molecule has 0 saturated heterocycles. The molecule has 0 heterocycles. The van der Waals surface area contributed by atoms with Crippen LogP contribution in [-0.4, -0.2) is 7.11 Å². The van der Waals surface area contributed by atoms with Crippen molar-refractivity contribution < 1.29 is 4.74 Å². The summed E-state index contributed by atoms with van der Waals surface area (Å²) in [6.45, 7) is 6.07. The van der Waals surface area contributed by atoms with Gasteiger partial charge in [0.25, 0.3) is 0 Å². The fourth-order valence-electron chi connectivity index (χ4n) is 1.65. The number of methoxy groups -OCH3 is 1. The molecule has 0 spiro atoms. The number of ether oxygens (including phenoxy) is 1. The Morgan fingerprint density at radius 3 is 2.38 bits per heavy atom. The second-order valence-electron chi connectivity index (χ2n) is 3.42. The van der Waals surface area contributed by atoms with Crippen LogP contribution in [0.25, 0.3) is 0 Å². The predicted molar refractivity (Wildman–Crippen MR) is 55.1 cm³/mol. The zero-order valence-electron chi connectivity index (χ0n) is 8.72. The van der Waals surface area contributed by atoms with Gasteiger partial charge in [0.1, 0.15) is 5.75 Å². The molecular weight excluding hydrogens is 162 g/mol. The fraction of sp³-hybridized carbons (Fsp3) is 0.455. The molecule has 13 heavy (non-hydrogen) atoms. The maximum atomic E-state index is 5.83. The van der Waals surface area contributed by atoms with Crippen LogP contribution >= 0.6 is 0 Å². The van der Waals surface area contributed by atoms with E-state index < -0.39 is 0 Å². The first kappa shape index (κ1) is 10.1. The van der Waals surface area contributed by atoms with E-state index in [0.717, 1.165) is 22.4 Å². The molecule has 72 valence electrons. The van der Waals surface area contributed by atoms with Crippen molar-refractivity contribution in [3.8, 4) is 5.75 Å². The van der Waals surface area contributed by atoms with E-state index in [-0.39, 0.29) is 6.04 Å². The van der Waals surface area contributed by atoms with Gasteiger partial charge >= 0.3 is 0 Å². The van der Waals surface area contributed by atoms with Crippen LogP contribution in [-0.2, 0) is 0 Å². The van der Waals surface area contributed by atoms with Crippen molar-refractivity contribution in [1.82, 2.24) is 0 Å². The van der Waals surface area contributed by atoms with Crippen LogP contribution in [0.5, 0.6) is 5.75 Å². The molecule has 1 atom stereocenters. The van der Waals surface area contributed by atoms with Gasteiger partial charge in [-0.1, -0.05) is 12.1 Å². The Hall–Kier alpha value is -1.02. The summed E-state index contributed by atoms with van der Waals surface area (Å²) in [6.07, 6.45) is 0. The van der Waals surface area contributed by atoms with Crippen LogP contribution in [0.4, 0.5) is 0 Å². The van der Waals surface area contributed by atoms with Gasteiger partial charge in [0.15, 0.2) is 0 Å². The van der Waals surface area contributed by atoms with Gasteiger partial charge in [0, 0.05) is 6.04 Å². The molecule has 0 aromatic heterocycles. The van der Waals surface area contributed by atoms with Crippen LogP contribution in [0.2, 0.25) is 0 Å². The first-order valence-electron chi connectivity index (χ1n) is 4.47. The minimum absolute atomic E-state index is 0.0644. The van der Waals surface area contributed by atoms with Crippen molar-refractivity contribution in [3.63, 3.8) is 0 Å².